The lowest BCUT2D eigenvalue weighted by Crippen LogP contribution is -2.47. The standard InChI is InChI=1S/C9H12F8O2/c10-1-2(11)3(12)4(13)5(14)6(15)7(16)8(17)9(18)19/h2-9,18-19H,1H2. The Morgan fingerprint density at radius 3 is 1.21 bits per heavy atom. The molecule has 19 heavy (non-hydrogen) atoms. The molecule has 0 aromatic heterocycles. The molecule has 0 aromatic carbocycles. The minimum atomic E-state index is -3.63. The molecule has 116 valence electrons. The van der Waals surface area contributed by atoms with Gasteiger partial charge in [-0.05, 0) is 0 Å². The SMILES string of the molecule is OC(O)C(F)C(F)C(F)C(F)C(F)C(F)C(F)CF. The summed E-state index contributed by atoms with van der Waals surface area (Å²) in [6.07, 6.45) is -27.1. The first-order valence-corrected chi connectivity index (χ1v) is 5.05. The number of hydrogen-bond acceptors (Lipinski definition) is 2. The quantitative estimate of drug-likeness (QED) is 0.529. The van der Waals surface area contributed by atoms with Gasteiger partial charge in [0.1, 0.15) is 6.67 Å². The Hall–Kier alpha value is -0.640. The maximum atomic E-state index is 13.0. The van der Waals surface area contributed by atoms with E-state index in [9.17, 15) is 35.1 Å². The Balaban J connectivity index is 4.67. The summed E-state index contributed by atoms with van der Waals surface area (Å²) in [4.78, 5) is 0. The van der Waals surface area contributed by atoms with Crippen LogP contribution in [0, 0.1) is 0 Å². The summed E-state index contributed by atoms with van der Waals surface area (Å²) in [5.41, 5.74) is 0. The largest absolute Gasteiger partial charge is 0.366 e. The zero-order valence-electron chi connectivity index (χ0n) is 9.24. The van der Waals surface area contributed by atoms with Crippen molar-refractivity contribution in [1.29, 1.82) is 0 Å². The summed E-state index contributed by atoms with van der Waals surface area (Å²) in [7, 11) is 0. The van der Waals surface area contributed by atoms with Gasteiger partial charge in [-0.25, -0.2) is 35.1 Å². The second-order valence-corrected chi connectivity index (χ2v) is 3.75. The van der Waals surface area contributed by atoms with Crippen molar-refractivity contribution in [3.05, 3.63) is 0 Å². The molecular formula is C9H12F8O2. The van der Waals surface area contributed by atoms with E-state index in [1.54, 1.807) is 0 Å². The van der Waals surface area contributed by atoms with Crippen molar-refractivity contribution >= 4 is 0 Å². The van der Waals surface area contributed by atoms with Crippen molar-refractivity contribution in [3.8, 4) is 0 Å². The van der Waals surface area contributed by atoms with E-state index < -0.39 is 56.2 Å². The molecule has 0 aliphatic rings. The highest BCUT2D eigenvalue weighted by Gasteiger charge is 2.46. The molecule has 0 bridgehead atoms. The molecule has 0 spiro atoms. The lowest BCUT2D eigenvalue weighted by molar-refractivity contribution is -0.133. The molecule has 0 aliphatic carbocycles. The van der Waals surface area contributed by atoms with Gasteiger partial charge in [-0.1, -0.05) is 0 Å². The van der Waals surface area contributed by atoms with Crippen LogP contribution in [0.25, 0.3) is 0 Å². The first-order chi connectivity index (χ1) is 8.64. The monoisotopic (exact) mass is 304 g/mol. The predicted molar refractivity (Wildman–Crippen MR) is 48.5 cm³/mol. The first-order valence-electron chi connectivity index (χ1n) is 5.05. The average molecular weight is 304 g/mol. The molecule has 7 unspecified atom stereocenters. The third-order valence-electron chi connectivity index (χ3n) is 2.30. The molecule has 7 atom stereocenters. The van der Waals surface area contributed by atoms with E-state index in [0.29, 0.717) is 0 Å². The Bertz CT molecular complexity index is 256. The number of aliphatic hydroxyl groups excluding tert-OH is 1. The van der Waals surface area contributed by atoms with Gasteiger partial charge >= 0.3 is 0 Å². The molecule has 0 aliphatic heterocycles. The number of halogens is 8. The molecule has 0 aromatic rings. The van der Waals surface area contributed by atoms with Crippen LogP contribution in [0.5, 0.6) is 0 Å². The third kappa shape index (κ3) is 4.75. The molecular weight excluding hydrogens is 292 g/mol. The van der Waals surface area contributed by atoms with Crippen molar-refractivity contribution in [3.63, 3.8) is 0 Å². The van der Waals surface area contributed by atoms with Crippen LogP contribution in [0.3, 0.4) is 0 Å². The maximum Gasteiger partial charge on any atom is 0.186 e. The molecule has 0 fully saturated rings. The van der Waals surface area contributed by atoms with Gasteiger partial charge < -0.3 is 10.2 Å². The lowest BCUT2D eigenvalue weighted by atomic mass is 9.99. The van der Waals surface area contributed by atoms with Gasteiger partial charge in [0, 0.05) is 0 Å². The summed E-state index contributed by atoms with van der Waals surface area (Å²) in [5, 5.41) is 16.3. The third-order valence-corrected chi connectivity index (χ3v) is 2.30. The highest BCUT2D eigenvalue weighted by molar-refractivity contribution is 4.91. The summed E-state index contributed by atoms with van der Waals surface area (Å²) in [5.74, 6) is 0. The van der Waals surface area contributed by atoms with Crippen LogP contribution < -0.4 is 0 Å². The van der Waals surface area contributed by atoms with Gasteiger partial charge in [0.05, 0.1) is 0 Å². The van der Waals surface area contributed by atoms with E-state index in [-0.39, 0.29) is 0 Å². The molecule has 0 saturated carbocycles. The second kappa shape index (κ2) is 7.83. The van der Waals surface area contributed by atoms with Crippen LogP contribution in [0.15, 0.2) is 0 Å². The molecule has 0 amide bonds. The van der Waals surface area contributed by atoms with Crippen molar-refractivity contribution in [2.45, 2.75) is 49.5 Å². The fraction of sp³-hybridized carbons (Fsp3) is 1.00. The van der Waals surface area contributed by atoms with E-state index in [2.05, 4.69) is 0 Å². The lowest BCUT2D eigenvalue weighted by Gasteiger charge is -2.25. The van der Waals surface area contributed by atoms with E-state index in [0.717, 1.165) is 0 Å². The minimum Gasteiger partial charge on any atom is -0.366 e. The number of alkyl halides is 8. The number of hydrogen-bond donors (Lipinski definition) is 2. The molecule has 0 saturated heterocycles. The zero-order valence-corrected chi connectivity index (χ0v) is 9.24. The van der Waals surface area contributed by atoms with E-state index in [1.165, 1.54) is 0 Å². The van der Waals surface area contributed by atoms with E-state index in [4.69, 9.17) is 10.2 Å². The van der Waals surface area contributed by atoms with E-state index in [1.807, 2.05) is 0 Å². The molecule has 2 N–H and O–H groups in total. The smallest absolute Gasteiger partial charge is 0.186 e. The van der Waals surface area contributed by atoms with Gasteiger partial charge in [-0.15, -0.1) is 0 Å². The Labute approximate surface area is 103 Å². The highest BCUT2D eigenvalue weighted by atomic mass is 19.2. The van der Waals surface area contributed by atoms with Crippen LogP contribution >= 0.6 is 0 Å². The van der Waals surface area contributed by atoms with Crippen molar-refractivity contribution in [2.75, 3.05) is 6.67 Å². The normalized spacial score (nSPS) is 23.5. The predicted octanol–water partition coefficient (Wildman–Crippen LogP) is 1.63. The Morgan fingerprint density at radius 1 is 0.579 bits per heavy atom. The molecule has 10 heteroatoms. The van der Waals surface area contributed by atoms with Crippen molar-refractivity contribution in [2.24, 2.45) is 0 Å². The minimum absolute atomic E-state index is 2.01. The van der Waals surface area contributed by atoms with Gasteiger partial charge in [-0.2, -0.15) is 0 Å². The fourth-order valence-electron chi connectivity index (χ4n) is 1.15. The zero-order chi connectivity index (χ0) is 15.3. The van der Waals surface area contributed by atoms with Crippen LogP contribution in [0.4, 0.5) is 35.1 Å². The second-order valence-electron chi connectivity index (χ2n) is 3.75. The van der Waals surface area contributed by atoms with E-state index >= 15 is 0 Å². The van der Waals surface area contributed by atoms with Gasteiger partial charge in [0.25, 0.3) is 0 Å². The van der Waals surface area contributed by atoms with Crippen LogP contribution in [0.1, 0.15) is 0 Å². The molecule has 0 radical (unpaired) electrons. The first kappa shape index (κ1) is 18.4. The van der Waals surface area contributed by atoms with Crippen molar-refractivity contribution < 1.29 is 45.3 Å². The summed E-state index contributed by atoms with van der Waals surface area (Å²) >= 11 is 0. The molecule has 2 nitrogen and oxygen atoms in total. The van der Waals surface area contributed by atoms with Gasteiger partial charge in [0.15, 0.2) is 49.5 Å². The highest BCUT2D eigenvalue weighted by Crippen LogP contribution is 2.26. The van der Waals surface area contributed by atoms with Crippen LogP contribution in [0.2, 0.25) is 0 Å². The summed E-state index contributed by atoms with van der Waals surface area (Å²) < 4.78 is 101. The van der Waals surface area contributed by atoms with Gasteiger partial charge in [-0.3, -0.25) is 0 Å². The maximum absolute atomic E-state index is 13.0. The fourth-order valence-corrected chi connectivity index (χ4v) is 1.15. The van der Waals surface area contributed by atoms with Gasteiger partial charge in [0.2, 0.25) is 0 Å². The average Bonchev–Trinajstić information content (AvgIpc) is 2.40. The molecule has 0 rings (SSSR count). The van der Waals surface area contributed by atoms with Crippen molar-refractivity contribution in [1.82, 2.24) is 0 Å². The topological polar surface area (TPSA) is 40.5 Å². The summed E-state index contributed by atoms with van der Waals surface area (Å²) in [6.45, 7) is -2.01. The van der Waals surface area contributed by atoms with Crippen LogP contribution in [-0.4, -0.2) is 66.4 Å². The van der Waals surface area contributed by atoms with Crippen LogP contribution in [-0.2, 0) is 0 Å². The number of rotatable bonds is 8. The Morgan fingerprint density at radius 2 is 0.895 bits per heavy atom. The number of aliphatic hydroxyl groups is 2. The Kier molecular flexibility index (Phi) is 7.57. The summed E-state index contributed by atoms with van der Waals surface area (Å²) in [6, 6.07) is 0. The molecule has 0 heterocycles.